The minimum absolute atomic E-state index is 0.0459. The number of ether oxygens (including phenoxy) is 2. The Bertz CT molecular complexity index is 879. The zero-order valence-electron chi connectivity index (χ0n) is 16.7. The maximum Gasteiger partial charge on any atom is 0.317 e. The maximum absolute atomic E-state index is 13.1. The van der Waals surface area contributed by atoms with Crippen LogP contribution in [0.4, 0.5) is 4.79 Å². The van der Waals surface area contributed by atoms with E-state index < -0.39 is 0 Å². The highest BCUT2D eigenvalue weighted by molar-refractivity contribution is 5.75. The van der Waals surface area contributed by atoms with Crippen LogP contribution in [-0.4, -0.2) is 37.2 Å². The molecule has 2 aromatic rings. The van der Waals surface area contributed by atoms with Crippen LogP contribution in [0.1, 0.15) is 49.3 Å². The molecule has 1 unspecified atom stereocenters. The van der Waals surface area contributed by atoms with E-state index in [9.17, 15) is 4.79 Å². The number of amides is 2. The number of hydrogen-bond acceptors (Lipinski definition) is 3. The van der Waals surface area contributed by atoms with Gasteiger partial charge < -0.3 is 19.7 Å². The minimum Gasteiger partial charge on any atom is -0.486 e. The topological polar surface area (TPSA) is 50.8 Å². The lowest BCUT2D eigenvalue weighted by Crippen LogP contribution is -2.49. The van der Waals surface area contributed by atoms with Crippen LogP contribution < -0.4 is 14.8 Å². The van der Waals surface area contributed by atoms with E-state index in [0.717, 1.165) is 49.3 Å². The second-order valence-corrected chi connectivity index (χ2v) is 8.41. The zero-order chi connectivity index (χ0) is 19.7. The summed E-state index contributed by atoms with van der Waals surface area (Å²) < 4.78 is 11.4. The average molecular weight is 392 g/mol. The van der Waals surface area contributed by atoms with Crippen LogP contribution in [0.25, 0.3) is 0 Å². The molecule has 1 aliphatic carbocycles. The van der Waals surface area contributed by atoms with Gasteiger partial charge in [-0.2, -0.15) is 0 Å². The predicted molar refractivity (Wildman–Crippen MR) is 111 cm³/mol. The van der Waals surface area contributed by atoms with Crippen molar-refractivity contribution in [1.29, 1.82) is 0 Å². The molecule has 1 N–H and O–H groups in total. The number of carbonyl (C=O) groups excluding carboxylic acids is 1. The van der Waals surface area contributed by atoms with Crippen molar-refractivity contribution in [1.82, 2.24) is 10.2 Å². The third kappa shape index (κ3) is 3.43. The summed E-state index contributed by atoms with van der Waals surface area (Å²) in [4.78, 5) is 15.1. The van der Waals surface area contributed by atoms with Gasteiger partial charge in [0.1, 0.15) is 13.2 Å². The highest BCUT2D eigenvalue weighted by atomic mass is 16.6. The van der Waals surface area contributed by atoms with E-state index in [1.807, 2.05) is 17.0 Å². The molecule has 2 amide bonds. The number of likely N-dealkylation sites (tertiary alicyclic amines) is 1. The SMILES string of the molecule is O=C(NCC1(c2ccccc2)CCC1)N1CCCC1c1ccc2c(c1)OCCO2. The molecule has 3 aliphatic rings. The zero-order valence-corrected chi connectivity index (χ0v) is 16.7. The molecule has 5 rings (SSSR count). The van der Waals surface area contributed by atoms with Gasteiger partial charge in [0.15, 0.2) is 11.5 Å². The van der Waals surface area contributed by atoms with E-state index in [-0.39, 0.29) is 17.5 Å². The van der Waals surface area contributed by atoms with Gasteiger partial charge in [-0.1, -0.05) is 42.8 Å². The van der Waals surface area contributed by atoms with Crippen molar-refractivity contribution >= 4 is 6.03 Å². The highest BCUT2D eigenvalue weighted by Crippen LogP contribution is 2.43. The number of hydrogen-bond donors (Lipinski definition) is 1. The molecule has 29 heavy (non-hydrogen) atoms. The summed E-state index contributed by atoms with van der Waals surface area (Å²) in [6, 6.07) is 16.9. The van der Waals surface area contributed by atoms with Gasteiger partial charge in [-0.15, -0.1) is 0 Å². The lowest BCUT2D eigenvalue weighted by molar-refractivity contribution is 0.169. The molecule has 2 aliphatic heterocycles. The first-order valence-electron chi connectivity index (χ1n) is 10.7. The van der Waals surface area contributed by atoms with Gasteiger partial charge in [0, 0.05) is 18.5 Å². The van der Waals surface area contributed by atoms with Crippen LogP contribution in [0.15, 0.2) is 48.5 Å². The molecule has 5 nitrogen and oxygen atoms in total. The average Bonchev–Trinajstić information content (AvgIpc) is 3.23. The molecule has 1 saturated carbocycles. The quantitative estimate of drug-likeness (QED) is 0.838. The van der Waals surface area contributed by atoms with Crippen molar-refractivity contribution in [2.45, 2.75) is 43.6 Å². The van der Waals surface area contributed by atoms with Crippen molar-refractivity contribution in [3.05, 3.63) is 59.7 Å². The van der Waals surface area contributed by atoms with Crippen molar-refractivity contribution < 1.29 is 14.3 Å². The lowest BCUT2D eigenvalue weighted by atomic mass is 9.64. The smallest absolute Gasteiger partial charge is 0.317 e. The Morgan fingerprint density at radius 1 is 1.03 bits per heavy atom. The summed E-state index contributed by atoms with van der Waals surface area (Å²) in [5, 5.41) is 3.26. The predicted octanol–water partition coefficient (Wildman–Crippen LogP) is 4.43. The Balaban J connectivity index is 1.28. The molecule has 2 fully saturated rings. The van der Waals surface area contributed by atoms with Crippen LogP contribution in [0.5, 0.6) is 11.5 Å². The summed E-state index contributed by atoms with van der Waals surface area (Å²) in [6.07, 6.45) is 5.52. The van der Waals surface area contributed by atoms with Crippen LogP contribution in [0.3, 0.4) is 0 Å². The van der Waals surface area contributed by atoms with Gasteiger partial charge in [-0.25, -0.2) is 4.79 Å². The van der Waals surface area contributed by atoms with Crippen molar-refractivity contribution in [2.24, 2.45) is 0 Å². The second-order valence-electron chi connectivity index (χ2n) is 8.41. The van der Waals surface area contributed by atoms with E-state index in [1.54, 1.807) is 0 Å². The monoisotopic (exact) mass is 392 g/mol. The number of nitrogens with zero attached hydrogens (tertiary/aromatic N) is 1. The lowest BCUT2D eigenvalue weighted by Gasteiger charge is -2.43. The summed E-state index contributed by atoms with van der Waals surface area (Å²) in [7, 11) is 0. The molecule has 1 atom stereocenters. The Labute approximate surface area is 172 Å². The van der Waals surface area contributed by atoms with Crippen molar-refractivity contribution in [3.63, 3.8) is 0 Å². The Kier molecular flexibility index (Phi) is 4.82. The van der Waals surface area contributed by atoms with Crippen LogP contribution in [-0.2, 0) is 5.41 Å². The molecular formula is C24H28N2O3. The minimum atomic E-state index is 0.0459. The molecule has 0 bridgehead atoms. The number of nitrogens with one attached hydrogen (secondary N) is 1. The van der Waals surface area contributed by atoms with E-state index in [1.165, 1.54) is 12.0 Å². The number of urea groups is 1. The van der Waals surface area contributed by atoms with Crippen LogP contribution >= 0.6 is 0 Å². The third-order valence-corrected chi connectivity index (χ3v) is 6.74. The Morgan fingerprint density at radius 2 is 1.83 bits per heavy atom. The molecule has 152 valence electrons. The summed E-state index contributed by atoms with van der Waals surface area (Å²) in [5.74, 6) is 1.59. The van der Waals surface area contributed by atoms with E-state index in [4.69, 9.17) is 9.47 Å². The molecule has 0 radical (unpaired) electrons. The van der Waals surface area contributed by atoms with E-state index in [2.05, 4.69) is 41.7 Å². The van der Waals surface area contributed by atoms with Gasteiger partial charge in [0.2, 0.25) is 0 Å². The molecule has 2 aromatic carbocycles. The van der Waals surface area contributed by atoms with E-state index >= 15 is 0 Å². The maximum atomic E-state index is 13.1. The number of fused-ring (bicyclic) bond motifs is 1. The van der Waals surface area contributed by atoms with Gasteiger partial charge >= 0.3 is 6.03 Å². The first kappa shape index (κ1) is 18.3. The highest BCUT2D eigenvalue weighted by Gasteiger charge is 2.40. The van der Waals surface area contributed by atoms with Crippen molar-refractivity contribution in [2.75, 3.05) is 26.3 Å². The van der Waals surface area contributed by atoms with Gasteiger partial charge in [0.05, 0.1) is 6.04 Å². The fraction of sp³-hybridized carbons (Fsp3) is 0.458. The number of carbonyl (C=O) groups is 1. The number of rotatable bonds is 4. The summed E-state index contributed by atoms with van der Waals surface area (Å²) >= 11 is 0. The van der Waals surface area contributed by atoms with Crippen LogP contribution in [0.2, 0.25) is 0 Å². The van der Waals surface area contributed by atoms with E-state index in [0.29, 0.717) is 19.8 Å². The van der Waals surface area contributed by atoms with Gasteiger partial charge in [0.25, 0.3) is 0 Å². The second kappa shape index (κ2) is 7.62. The van der Waals surface area contributed by atoms with Gasteiger partial charge in [-0.3, -0.25) is 0 Å². The number of benzene rings is 2. The van der Waals surface area contributed by atoms with Crippen LogP contribution in [0, 0.1) is 0 Å². The Morgan fingerprint density at radius 3 is 2.59 bits per heavy atom. The molecular weight excluding hydrogens is 364 g/mol. The standard InChI is InChI=1S/C24H28N2O3/c27-23(25-17-24(11-5-12-24)19-6-2-1-3-7-19)26-13-4-8-20(26)18-9-10-21-22(16-18)29-15-14-28-21/h1-3,6-7,9-10,16,20H,4-5,8,11-15,17H2,(H,25,27). The normalized spacial score (nSPS) is 22.1. The fourth-order valence-corrected chi connectivity index (χ4v) is 4.93. The van der Waals surface area contributed by atoms with Gasteiger partial charge in [-0.05, 0) is 48.9 Å². The summed E-state index contributed by atoms with van der Waals surface area (Å²) in [5.41, 5.74) is 2.57. The molecule has 0 spiro atoms. The first-order valence-corrected chi connectivity index (χ1v) is 10.7. The molecule has 2 heterocycles. The van der Waals surface area contributed by atoms with Crippen molar-refractivity contribution in [3.8, 4) is 11.5 Å². The Hall–Kier alpha value is -2.69. The summed E-state index contributed by atoms with van der Waals surface area (Å²) in [6.45, 7) is 2.67. The largest absolute Gasteiger partial charge is 0.486 e. The fourth-order valence-electron chi connectivity index (χ4n) is 4.93. The first-order chi connectivity index (χ1) is 14.3. The third-order valence-electron chi connectivity index (χ3n) is 6.74. The molecule has 0 aromatic heterocycles. The molecule has 1 saturated heterocycles. The molecule has 5 heteroatoms.